The number of benzene rings is 2. The number of hydrogen-bond acceptors (Lipinski definition) is 5. The Bertz CT molecular complexity index is 1390. The summed E-state index contributed by atoms with van der Waals surface area (Å²) in [5, 5.41) is 6.14. The van der Waals surface area contributed by atoms with Gasteiger partial charge < -0.3 is 21.1 Å². The maximum Gasteiger partial charge on any atom is 0.295 e. The highest BCUT2D eigenvalue weighted by Gasteiger charge is 2.28. The van der Waals surface area contributed by atoms with Gasteiger partial charge in [-0.1, -0.05) is 43.6 Å². The number of nitrogens with two attached hydrogens (primary N) is 1. The third-order valence-corrected chi connectivity index (χ3v) is 6.36. The van der Waals surface area contributed by atoms with E-state index in [-0.39, 0.29) is 36.0 Å². The fraction of sp³-hybridized carbons (Fsp3) is 0.414. The maximum absolute atomic E-state index is 13.5. The van der Waals surface area contributed by atoms with Crippen molar-refractivity contribution >= 4 is 29.1 Å². The number of carbonyl (C=O) groups excluding carboxylic acids is 2. The third kappa shape index (κ3) is 7.74. The molecule has 0 spiro atoms. The van der Waals surface area contributed by atoms with E-state index in [0.717, 1.165) is 0 Å². The SMILES string of the molecule is CCOc1ccc(Cl)cc1C(=O)NCC(C)(C)CC(=O)Nc1c(CC(C)(C)N)n(C)n(-c2ccccc2)c1=O. The summed E-state index contributed by atoms with van der Waals surface area (Å²) in [6, 6.07) is 14.1. The highest BCUT2D eigenvalue weighted by Crippen LogP contribution is 2.26. The van der Waals surface area contributed by atoms with Crippen LogP contribution >= 0.6 is 11.6 Å². The van der Waals surface area contributed by atoms with E-state index in [1.807, 2.05) is 65.0 Å². The van der Waals surface area contributed by atoms with E-state index in [1.165, 1.54) is 4.68 Å². The van der Waals surface area contributed by atoms with Crippen LogP contribution in [0.3, 0.4) is 0 Å². The predicted octanol–water partition coefficient (Wildman–Crippen LogP) is 4.29. The Morgan fingerprint density at radius 2 is 1.74 bits per heavy atom. The Morgan fingerprint density at radius 1 is 1.08 bits per heavy atom. The van der Waals surface area contributed by atoms with Crippen LogP contribution < -0.4 is 26.7 Å². The molecule has 0 saturated carbocycles. The average molecular weight is 556 g/mol. The van der Waals surface area contributed by atoms with E-state index in [9.17, 15) is 14.4 Å². The van der Waals surface area contributed by atoms with Gasteiger partial charge in [-0.25, -0.2) is 4.68 Å². The molecule has 0 fully saturated rings. The van der Waals surface area contributed by atoms with E-state index < -0.39 is 11.0 Å². The van der Waals surface area contributed by atoms with Crippen LogP contribution in [0.1, 0.15) is 57.1 Å². The number of carbonyl (C=O) groups is 2. The minimum absolute atomic E-state index is 0.0618. The average Bonchev–Trinajstić information content (AvgIpc) is 3.06. The molecule has 1 aromatic heterocycles. The van der Waals surface area contributed by atoms with Crippen LogP contribution in [0.2, 0.25) is 5.02 Å². The molecule has 0 aliphatic carbocycles. The minimum Gasteiger partial charge on any atom is -0.493 e. The van der Waals surface area contributed by atoms with Gasteiger partial charge in [-0.3, -0.25) is 19.1 Å². The lowest BCUT2D eigenvalue weighted by Crippen LogP contribution is -2.37. The molecule has 0 aliphatic rings. The molecule has 0 bridgehead atoms. The Hall–Kier alpha value is -3.56. The second kappa shape index (κ2) is 12.1. The second-order valence-corrected chi connectivity index (χ2v) is 11.5. The van der Waals surface area contributed by atoms with Gasteiger partial charge in [0.05, 0.1) is 23.6 Å². The Labute approximate surface area is 234 Å². The second-order valence-electron chi connectivity index (χ2n) is 11.1. The molecule has 0 radical (unpaired) electrons. The number of aromatic nitrogens is 2. The summed E-state index contributed by atoms with van der Waals surface area (Å²) in [6.45, 7) is 9.92. The number of nitrogens with one attached hydrogen (secondary N) is 2. The largest absolute Gasteiger partial charge is 0.493 e. The van der Waals surface area contributed by atoms with Crippen molar-refractivity contribution in [2.75, 3.05) is 18.5 Å². The molecule has 9 nitrogen and oxygen atoms in total. The lowest BCUT2D eigenvalue weighted by Gasteiger charge is -2.25. The van der Waals surface area contributed by atoms with Gasteiger partial charge >= 0.3 is 0 Å². The van der Waals surface area contributed by atoms with Gasteiger partial charge in [0, 0.05) is 37.0 Å². The lowest BCUT2D eigenvalue weighted by molar-refractivity contribution is -0.118. The van der Waals surface area contributed by atoms with Crippen molar-refractivity contribution in [1.82, 2.24) is 14.7 Å². The first-order chi connectivity index (χ1) is 18.2. The van der Waals surface area contributed by atoms with Crippen LogP contribution in [0.25, 0.3) is 5.69 Å². The Kier molecular flexibility index (Phi) is 9.30. The van der Waals surface area contributed by atoms with E-state index in [0.29, 0.717) is 40.7 Å². The fourth-order valence-corrected chi connectivity index (χ4v) is 4.50. The Balaban J connectivity index is 1.78. The van der Waals surface area contributed by atoms with Crippen molar-refractivity contribution in [2.45, 2.75) is 53.0 Å². The zero-order chi connectivity index (χ0) is 29.0. The summed E-state index contributed by atoms with van der Waals surface area (Å²) in [6.07, 6.45) is 0.432. The molecule has 2 amide bonds. The minimum atomic E-state index is -0.620. The number of ether oxygens (including phenoxy) is 1. The van der Waals surface area contributed by atoms with Gasteiger partial charge in [-0.2, -0.15) is 0 Å². The molecule has 3 aromatic rings. The maximum atomic E-state index is 13.5. The summed E-state index contributed by atoms with van der Waals surface area (Å²) >= 11 is 6.09. The molecule has 2 aromatic carbocycles. The molecular weight excluding hydrogens is 518 g/mol. The fourth-order valence-electron chi connectivity index (χ4n) is 4.32. The van der Waals surface area contributed by atoms with Crippen LogP contribution in [0.5, 0.6) is 5.75 Å². The molecule has 210 valence electrons. The first-order valence-electron chi connectivity index (χ1n) is 12.9. The standard InChI is InChI=1S/C29H38ClN5O4/c1-7-39-23-14-13-19(30)15-21(23)26(37)32-18-28(2,3)17-24(36)33-25-22(16-29(4,5)31)34(6)35(27(25)38)20-11-9-8-10-12-20/h8-15H,7,16-18,31H2,1-6H3,(H,32,37)(H,33,36). The van der Waals surface area contributed by atoms with Crippen molar-refractivity contribution in [2.24, 2.45) is 18.2 Å². The van der Waals surface area contributed by atoms with Crippen molar-refractivity contribution in [3.05, 3.63) is 75.2 Å². The number of anilines is 1. The van der Waals surface area contributed by atoms with Gasteiger partial charge in [0.1, 0.15) is 11.4 Å². The van der Waals surface area contributed by atoms with Crippen molar-refractivity contribution in [3.8, 4) is 11.4 Å². The monoisotopic (exact) mass is 555 g/mol. The molecule has 0 atom stereocenters. The number of para-hydroxylation sites is 1. The van der Waals surface area contributed by atoms with Crippen molar-refractivity contribution in [1.29, 1.82) is 0 Å². The molecular formula is C29H38ClN5O4. The number of halogens is 1. The summed E-state index contributed by atoms with van der Waals surface area (Å²) in [4.78, 5) is 39.6. The lowest BCUT2D eigenvalue weighted by atomic mass is 9.88. The van der Waals surface area contributed by atoms with Gasteiger partial charge in [-0.05, 0) is 56.5 Å². The number of hydrogen-bond donors (Lipinski definition) is 3. The zero-order valence-electron chi connectivity index (χ0n) is 23.4. The van der Waals surface area contributed by atoms with Crippen molar-refractivity contribution < 1.29 is 14.3 Å². The number of rotatable bonds is 11. The van der Waals surface area contributed by atoms with E-state index in [4.69, 9.17) is 22.1 Å². The molecule has 0 unspecified atom stereocenters. The molecule has 10 heteroatoms. The quantitative estimate of drug-likeness (QED) is 0.326. The third-order valence-electron chi connectivity index (χ3n) is 6.13. The van der Waals surface area contributed by atoms with Crippen LogP contribution in [-0.4, -0.2) is 39.9 Å². The number of amides is 2. The normalized spacial score (nSPS) is 11.8. The molecule has 1 heterocycles. The van der Waals surface area contributed by atoms with E-state index >= 15 is 0 Å². The van der Waals surface area contributed by atoms with Gasteiger partial charge in [-0.15, -0.1) is 0 Å². The topological polar surface area (TPSA) is 120 Å². The molecule has 0 saturated heterocycles. The molecule has 3 rings (SSSR count). The summed E-state index contributed by atoms with van der Waals surface area (Å²) in [5.41, 5.74) is 6.55. The highest BCUT2D eigenvalue weighted by atomic mass is 35.5. The molecule has 0 aliphatic heterocycles. The molecule has 4 N–H and O–H groups in total. The summed E-state index contributed by atoms with van der Waals surface area (Å²) in [5.74, 6) is -0.259. The smallest absolute Gasteiger partial charge is 0.295 e. The first kappa shape index (κ1) is 30.0. The van der Waals surface area contributed by atoms with E-state index in [2.05, 4.69) is 10.6 Å². The van der Waals surface area contributed by atoms with Crippen LogP contribution in [0, 0.1) is 5.41 Å². The summed E-state index contributed by atoms with van der Waals surface area (Å²) in [7, 11) is 1.77. The molecule has 39 heavy (non-hydrogen) atoms. The van der Waals surface area contributed by atoms with Gasteiger partial charge in [0.25, 0.3) is 11.5 Å². The first-order valence-corrected chi connectivity index (χ1v) is 13.3. The van der Waals surface area contributed by atoms with Crippen molar-refractivity contribution in [3.63, 3.8) is 0 Å². The van der Waals surface area contributed by atoms with Crippen LogP contribution in [-0.2, 0) is 18.3 Å². The van der Waals surface area contributed by atoms with Crippen LogP contribution in [0.15, 0.2) is 53.3 Å². The zero-order valence-corrected chi connectivity index (χ0v) is 24.2. The Morgan fingerprint density at radius 3 is 2.36 bits per heavy atom. The van der Waals surface area contributed by atoms with E-state index in [1.54, 1.807) is 29.9 Å². The van der Waals surface area contributed by atoms with Gasteiger partial charge in [0.2, 0.25) is 5.91 Å². The van der Waals surface area contributed by atoms with Gasteiger partial charge in [0.15, 0.2) is 0 Å². The van der Waals surface area contributed by atoms with Crippen LogP contribution in [0.4, 0.5) is 5.69 Å². The summed E-state index contributed by atoms with van der Waals surface area (Å²) < 4.78 is 8.80. The highest BCUT2D eigenvalue weighted by molar-refractivity contribution is 6.31. The number of nitrogens with zero attached hydrogens (tertiary/aromatic N) is 2. The predicted molar refractivity (Wildman–Crippen MR) is 155 cm³/mol.